The Morgan fingerprint density at radius 1 is 1.00 bits per heavy atom. The molecule has 0 bridgehead atoms. The summed E-state index contributed by atoms with van der Waals surface area (Å²) in [5, 5.41) is 17.2. The van der Waals surface area contributed by atoms with Gasteiger partial charge < -0.3 is 10.2 Å². The molecule has 0 radical (unpaired) electrons. The molecule has 4 nitrogen and oxygen atoms in total. The lowest BCUT2D eigenvalue weighted by Gasteiger charge is -1.99. The van der Waals surface area contributed by atoms with Crippen molar-refractivity contribution in [3.8, 4) is 0 Å². The second-order valence-corrected chi connectivity index (χ2v) is 2.90. The fourth-order valence-corrected chi connectivity index (χ4v) is 1.14. The van der Waals surface area contributed by atoms with Crippen LogP contribution in [0.4, 0.5) is 0 Å². The molecule has 0 saturated carbocycles. The summed E-state index contributed by atoms with van der Waals surface area (Å²) in [5.41, 5.74) is -0.158. The average Bonchev–Trinajstić information content (AvgIpc) is 2.03. The molecule has 5 heteroatoms. The van der Waals surface area contributed by atoms with E-state index in [9.17, 15) is 9.59 Å². The fourth-order valence-electron chi connectivity index (χ4n) is 0.858. The van der Waals surface area contributed by atoms with Crippen molar-refractivity contribution in [3.05, 3.63) is 29.3 Å². The van der Waals surface area contributed by atoms with Gasteiger partial charge in [-0.25, -0.2) is 9.59 Å². The van der Waals surface area contributed by atoms with E-state index in [1.54, 1.807) is 0 Å². The lowest BCUT2D eigenvalue weighted by atomic mass is 10.1. The number of benzene rings is 1. The fraction of sp³-hybridized carbons (Fsp3) is 0. The monoisotopic (exact) mass is 198 g/mol. The summed E-state index contributed by atoms with van der Waals surface area (Å²) in [6.45, 7) is 0. The Bertz CT molecular complexity index is 340. The zero-order valence-corrected chi connectivity index (χ0v) is 7.28. The van der Waals surface area contributed by atoms with Crippen LogP contribution in [0.15, 0.2) is 23.1 Å². The maximum Gasteiger partial charge on any atom is 0.335 e. The van der Waals surface area contributed by atoms with Crippen LogP contribution in [0.2, 0.25) is 0 Å². The van der Waals surface area contributed by atoms with E-state index in [-0.39, 0.29) is 11.1 Å². The summed E-state index contributed by atoms with van der Waals surface area (Å²) < 4.78 is 0. The molecule has 0 atom stereocenters. The Kier molecular flexibility index (Phi) is 2.57. The van der Waals surface area contributed by atoms with Crippen LogP contribution in [-0.2, 0) is 0 Å². The van der Waals surface area contributed by atoms with Crippen molar-refractivity contribution in [1.82, 2.24) is 0 Å². The Morgan fingerprint density at radius 2 is 1.38 bits per heavy atom. The van der Waals surface area contributed by atoms with Gasteiger partial charge in [-0.05, 0) is 18.2 Å². The minimum absolute atomic E-state index is 0.0788. The SMILES string of the molecule is O=C(O)c1cc(S)cc(C(=O)O)c1. The molecule has 0 aromatic heterocycles. The van der Waals surface area contributed by atoms with E-state index < -0.39 is 11.9 Å². The van der Waals surface area contributed by atoms with Gasteiger partial charge in [0.2, 0.25) is 0 Å². The number of carbonyl (C=O) groups is 2. The van der Waals surface area contributed by atoms with E-state index >= 15 is 0 Å². The lowest BCUT2D eigenvalue weighted by Crippen LogP contribution is -2.02. The maximum atomic E-state index is 10.5. The highest BCUT2D eigenvalue weighted by Crippen LogP contribution is 2.13. The highest BCUT2D eigenvalue weighted by atomic mass is 32.1. The Labute approximate surface area is 79.2 Å². The molecule has 0 unspecified atom stereocenters. The molecular weight excluding hydrogens is 192 g/mol. The van der Waals surface area contributed by atoms with Gasteiger partial charge in [0, 0.05) is 4.90 Å². The number of rotatable bonds is 2. The number of hydrogen-bond acceptors (Lipinski definition) is 3. The van der Waals surface area contributed by atoms with Crippen LogP contribution in [0.1, 0.15) is 20.7 Å². The third-order valence-corrected chi connectivity index (χ3v) is 1.67. The molecule has 0 aliphatic heterocycles. The molecule has 0 aliphatic carbocycles. The summed E-state index contributed by atoms with van der Waals surface area (Å²) in [6, 6.07) is 3.67. The molecule has 0 spiro atoms. The minimum atomic E-state index is -1.17. The van der Waals surface area contributed by atoms with Gasteiger partial charge in [0.25, 0.3) is 0 Å². The van der Waals surface area contributed by atoms with E-state index in [0.717, 1.165) is 6.07 Å². The molecule has 1 aromatic carbocycles. The highest BCUT2D eigenvalue weighted by Gasteiger charge is 2.09. The number of hydrogen-bond donors (Lipinski definition) is 3. The van der Waals surface area contributed by atoms with Crippen LogP contribution in [0, 0.1) is 0 Å². The number of carboxylic acid groups (broad SMARTS) is 2. The van der Waals surface area contributed by atoms with Gasteiger partial charge in [0.1, 0.15) is 0 Å². The summed E-state index contributed by atoms with van der Waals surface area (Å²) in [5.74, 6) is -2.34. The summed E-state index contributed by atoms with van der Waals surface area (Å²) in [7, 11) is 0. The van der Waals surface area contributed by atoms with Gasteiger partial charge in [-0.15, -0.1) is 12.6 Å². The number of carboxylic acids is 2. The summed E-state index contributed by atoms with van der Waals surface area (Å²) >= 11 is 3.89. The Balaban J connectivity index is 3.26. The largest absolute Gasteiger partial charge is 0.478 e. The normalized spacial score (nSPS) is 9.62. The first kappa shape index (κ1) is 9.60. The van der Waals surface area contributed by atoms with Crippen LogP contribution in [-0.4, -0.2) is 22.2 Å². The molecule has 13 heavy (non-hydrogen) atoms. The zero-order valence-electron chi connectivity index (χ0n) is 6.39. The van der Waals surface area contributed by atoms with Crippen molar-refractivity contribution in [3.63, 3.8) is 0 Å². The van der Waals surface area contributed by atoms with Gasteiger partial charge in [0.15, 0.2) is 0 Å². The van der Waals surface area contributed by atoms with Gasteiger partial charge >= 0.3 is 11.9 Å². The second-order valence-electron chi connectivity index (χ2n) is 2.38. The van der Waals surface area contributed by atoms with Crippen LogP contribution < -0.4 is 0 Å². The molecule has 2 N–H and O–H groups in total. The van der Waals surface area contributed by atoms with Crippen LogP contribution in [0.5, 0.6) is 0 Å². The standard InChI is InChI=1S/C8H6O4S/c9-7(10)4-1-5(8(11)12)3-6(13)2-4/h1-3,13H,(H,9,10)(H,11,12). The van der Waals surface area contributed by atoms with E-state index in [2.05, 4.69) is 12.6 Å². The Morgan fingerprint density at radius 3 is 1.69 bits per heavy atom. The maximum absolute atomic E-state index is 10.5. The lowest BCUT2D eigenvalue weighted by molar-refractivity contribution is 0.0696. The van der Waals surface area contributed by atoms with Gasteiger partial charge in [0.05, 0.1) is 11.1 Å². The highest BCUT2D eigenvalue weighted by molar-refractivity contribution is 7.80. The average molecular weight is 198 g/mol. The molecule has 0 saturated heterocycles. The van der Waals surface area contributed by atoms with Gasteiger partial charge in [-0.1, -0.05) is 0 Å². The summed E-state index contributed by atoms with van der Waals surface area (Å²) in [4.78, 5) is 21.3. The van der Waals surface area contributed by atoms with Gasteiger partial charge in [-0.2, -0.15) is 0 Å². The first-order chi connectivity index (χ1) is 6.00. The van der Waals surface area contributed by atoms with E-state index in [1.807, 2.05) is 0 Å². The van der Waals surface area contributed by atoms with Crippen molar-refractivity contribution >= 4 is 24.6 Å². The molecule has 0 heterocycles. The predicted octanol–water partition coefficient (Wildman–Crippen LogP) is 1.37. The molecule has 0 fully saturated rings. The topological polar surface area (TPSA) is 74.6 Å². The smallest absolute Gasteiger partial charge is 0.335 e. The van der Waals surface area contributed by atoms with Crippen molar-refractivity contribution in [1.29, 1.82) is 0 Å². The molecule has 68 valence electrons. The van der Waals surface area contributed by atoms with Crippen molar-refractivity contribution in [2.24, 2.45) is 0 Å². The van der Waals surface area contributed by atoms with Crippen LogP contribution in [0.3, 0.4) is 0 Å². The number of thiol groups is 1. The predicted molar refractivity (Wildman–Crippen MR) is 47.6 cm³/mol. The quantitative estimate of drug-likeness (QED) is 0.627. The molecular formula is C8H6O4S. The van der Waals surface area contributed by atoms with E-state index in [0.29, 0.717) is 4.90 Å². The van der Waals surface area contributed by atoms with Gasteiger partial charge in [-0.3, -0.25) is 0 Å². The first-order valence-corrected chi connectivity index (χ1v) is 3.76. The Hall–Kier alpha value is -1.49. The third-order valence-electron chi connectivity index (χ3n) is 1.41. The number of aromatic carboxylic acids is 2. The molecule has 1 rings (SSSR count). The van der Waals surface area contributed by atoms with Crippen molar-refractivity contribution in [2.75, 3.05) is 0 Å². The summed E-state index contributed by atoms with van der Waals surface area (Å²) in [6.07, 6.45) is 0. The molecule has 0 amide bonds. The van der Waals surface area contributed by atoms with Crippen molar-refractivity contribution in [2.45, 2.75) is 4.90 Å². The first-order valence-electron chi connectivity index (χ1n) is 3.31. The minimum Gasteiger partial charge on any atom is -0.478 e. The van der Waals surface area contributed by atoms with Crippen molar-refractivity contribution < 1.29 is 19.8 Å². The van der Waals surface area contributed by atoms with E-state index in [1.165, 1.54) is 12.1 Å². The van der Waals surface area contributed by atoms with Crippen LogP contribution in [0.25, 0.3) is 0 Å². The molecule has 0 aliphatic rings. The van der Waals surface area contributed by atoms with Crippen LogP contribution >= 0.6 is 12.6 Å². The third kappa shape index (κ3) is 2.22. The molecule has 1 aromatic rings. The van der Waals surface area contributed by atoms with E-state index in [4.69, 9.17) is 10.2 Å². The zero-order chi connectivity index (χ0) is 10.0. The second kappa shape index (κ2) is 3.49.